The molecule has 0 bridgehead atoms. The topological polar surface area (TPSA) is 80.4 Å². The molecule has 0 aliphatic heterocycles. The van der Waals surface area contributed by atoms with Crippen LogP contribution in [0.3, 0.4) is 0 Å². The third-order valence-electron chi connectivity index (χ3n) is 2.70. The standard InChI is InChI=1S/C11H7N3O3/c15-11-12-9-6-7(14(16)17)3-4-8(9)10-2-1-5-13(10)11/h1-6H,(H,12,15). The fraction of sp³-hybridized carbons (Fsp3) is 0. The highest BCUT2D eigenvalue weighted by atomic mass is 16.6. The molecule has 17 heavy (non-hydrogen) atoms. The van der Waals surface area contributed by atoms with Gasteiger partial charge in [0.2, 0.25) is 0 Å². The molecule has 0 spiro atoms. The van der Waals surface area contributed by atoms with E-state index in [0.717, 1.165) is 10.9 Å². The molecule has 3 aromatic rings. The first-order chi connectivity index (χ1) is 8.16. The number of benzene rings is 1. The third kappa shape index (κ3) is 1.31. The third-order valence-corrected chi connectivity index (χ3v) is 2.70. The SMILES string of the molecule is O=c1[nH]c2cc([N+](=O)[O-])ccc2c2cccn12. The Morgan fingerprint density at radius 2 is 2.12 bits per heavy atom. The van der Waals surface area contributed by atoms with Crippen LogP contribution in [0.2, 0.25) is 0 Å². The van der Waals surface area contributed by atoms with Crippen LogP contribution in [0.4, 0.5) is 5.69 Å². The molecule has 6 nitrogen and oxygen atoms in total. The fourth-order valence-corrected chi connectivity index (χ4v) is 1.93. The van der Waals surface area contributed by atoms with Gasteiger partial charge in [-0.3, -0.25) is 14.5 Å². The van der Waals surface area contributed by atoms with Crippen molar-refractivity contribution in [3.8, 4) is 0 Å². The van der Waals surface area contributed by atoms with E-state index in [1.165, 1.54) is 16.5 Å². The number of aromatic nitrogens is 2. The maximum atomic E-state index is 11.7. The van der Waals surface area contributed by atoms with Crippen molar-refractivity contribution in [2.45, 2.75) is 0 Å². The quantitative estimate of drug-likeness (QED) is 0.509. The molecule has 84 valence electrons. The largest absolute Gasteiger partial charge is 0.330 e. The minimum absolute atomic E-state index is 0.0379. The summed E-state index contributed by atoms with van der Waals surface area (Å²) in [6, 6.07) is 7.98. The first kappa shape index (κ1) is 9.59. The van der Waals surface area contributed by atoms with Gasteiger partial charge in [-0.1, -0.05) is 0 Å². The van der Waals surface area contributed by atoms with E-state index in [0.29, 0.717) is 5.52 Å². The van der Waals surface area contributed by atoms with Crippen molar-refractivity contribution >= 4 is 22.1 Å². The van der Waals surface area contributed by atoms with E-state index in [9.17, 15) is 14.9 Å². The highest BCUT2D eigenvalue weighted by Gasteiger charge is 2.09. The average Bonchev–Trinajstić information content (AvgIpc) is 2.78. The summed E-state index contributed by atoms with van der Waals surface area (Å²) in [5.74, 6) is 0. The fourth-order valence-electron chi connectivity index (χ4n) is 1.93. The summed E-state index contributed by atoms with van der Waals surface area (Å²) in [6.07, 6.45) is 1.65. The van der Waals surface area contributed by atoms with Gasteiger partial charge in [0, 0.05) is 23.7 Å². The summed E-state index contributed by atoms with van der Waals surface area (Å²) in [7, 11) is 0. The van der Waals surface area contributed by atoms with Crippen LogP contribution >= 0.6 is 0 Å². The number of hydrogen-bond donors (Lipinski definition) is 1. The molecule has 2 heterocycles. The molecule has 1 aromatic carbocycles. The highest BCUT2D eigenvalue weighted by Crippen LogP contribution is 2.21. The monoisotopic (exact) mass is 229 g/mol. The number of H-pyrrole nitrogens is 1. The number of rotatable bonds is 1. The van der Waals surface area contributed by atoms with Gasteiger partial charge in [0.05, 0.1) is 16.0 Å². The van der Waals surface area contributed by atoms with Crippen LogP contribution in [0, 0.1) is 10.1 Å². The Labute approximate surface area is 94.3 Å². The first-order valence-electron chi connectivity index (χ1n) is 4.94. The lowest BCUT2D eigenvalue weighted by atomic mass is 10.2. The molecule has 0 atom stereocenters. The van der Waals surface area contributed by atoms with Crippen molar-refractivity contribution in [2.75, 3.05) is 0 Å². The number of nitrogens with one attached hydrogen (secondary N) is 1. The summed E-state index contributed by atoms with van der Waals surface area (Å²) in [6.45, 7) is 0. The zero-order valence-corrected chi connectivity index (χ0v) is 8.58. The van der Waals surface area contributed by atoms with Crippen molar-refractivity contribution in [3.05, 3.63) is 57.1 Å². The minimum Gasteiger partial charge on any atom is -0.306 e. The molecular formula is C11H7N3O3. The number of hydrogen-bond acceptors (Lipinski definition) is 3. The lowest BCUT2D eigenvalue weighted by Crippen LogP contribution is -2.14. The second kappa shape index (κ2) is 3.18. The summed E-state index contributed by atoms with van der Waals surface area (Å²) < 4.78 is 1.47. The van der Waals surface area contributed by atoms with Gasteiger partial charge in [0.1, 0.15) is 0 Å². The number of nitro benzene ring substituents is 1. The Morgan fingerprint density at radius 3 is 2.88 bits per heavy atom. The number of nitro groups is 1. The molecule has 0 amide bonds. The molecule has 0 fully saturated rings. The minimum atomic E-state index is -0.486. The molecule has 2 aromatic heterocycles. The van der Waals surface area contributed by atoms with E-state index in [-0.39, 0.29) is 11.4 Å². The van der Waals surface area contributed by atoms with Gasteiger partial charge in [0.15, 0.2) is 0 Å². The van der Waals surface area contributed by atoms with Gasteiger partial charge >= 0.3 is 5.69 Å². The second-order valence-corrected chi connectivity index (χ2v) is 3.68. The van der Waals surface area contributed by atoms with Crippen LogP contribution in [0.15, 0.2) is 41.3 Å². The maximum Gasteiger partial charge on any atom is 0.330 e. The molecule has 0 saturated carbocycles. The smallest absolute Gasteiger partial charge is 0.306 e. The summed E-state index contributed by atoms with van der Waals surface area (Å²) >= 11 is 0. The van der Waals surface area contributed by atoms with Crippen molar-refractivity contribution in [2.24, 2.45) is 0 Å². The van der Waals surface area contributed by atoms with Gasteiger partial charge < -0.3 is 4.98 Å². The van der Waals surface area contributed by atoms with Crippen LogP contribution < -0.4 is 5.69 Å². The van der Waals surface area contributed by atoms with Crippen molar-refractivity contribution < 1.29 is 4.92 Å². The molecule has 1 N–H and O–H groups in total. The Hall–Kier alpha value is -2.63. The van der Waals surface area contributed by atoms with Crippen molar-refractivity contribution in [1.82, 2.24) is 9.38 Å². The summed E-state index contributed by atoms with van der Waals surface area (Å²) in [5.41, 5.74) is 0.858. The summed E-state index contributed by atoms with van der Waals surface area (Å²) in [5, 5.41) is 11.4. The lowest BCUT2D eigenvalue weighted by molar-refractivity contribution is -0.384. The molecule has 0 aliphatic rings. The van der Waals surface area contributed by atoms with Gasteiger partial charge in [-0.05, 0) is 18.2 Å². The second-order valence-electron chi connectivity index (χ2n) is 3.68. The molecule has 0 aliphatic carbocycles. The van der Waals surface area contributed by atoms with Crippen LogP contribution in [-0.4, -0.2) is 14.3 Å². The van der Waals surface area contributed by atoms with Gasteiger partial charge in [-0.15, -0.1) is 0 Å². The van der Waals surface area contributed by atoms with E-state index >= 15 is 0 Å². The molecule has 3 rings (SSSR count). The van der Waals surface area contributed by atoms with Gasteiger partial charge in [-0.25, -0.2) is 4.79 Å². The zero-order chi connectivity index (χ0) is 12.0. The molecule has 6 heteroatoms. The summed E-state index contributed by atoms with van der Waals surface area (Å²) in [4.78, 5) is 24.5. The van der Waals surface area contributed by atoms with E-state index in [1.54, 1.807) is 24.4 Å². The van der Waals surface area contributed by atoms with Gasteiger partial charge in [-0.2, -0.15) is 0 Å². The van der Waals surface area contributed by atoms with E-state index in [4.69, 9.17) is 0 Å². The van der Waals surface area contributed by atoms with Crippen molar-refractivity contribution in [3.63, 3.8) is 0 Å². The molecule has 0 radical (unpaired) electrons. The molecule has 0 saturated heterocycles. The molecule has 0 unspecified atom stereocenters. The van der Waals surface area contributed by atoms with Crippen molar-refractivity contribution in [1.29, 1.82) is 0 Å². The number of non-ortho nitro benzene ring substituents is 1. The van der Waals surface area contributed by atoms with Gasteiger partial charge in [0.25, 0.3) is 5.69 Å². The van der Waals surface area contributed by atoms with E-state index < -0.39 is 4.92 Å². The zero-order valence-electron chi connectivity index (χ0n) is 8.58. The first-order valence-corrected chi connectivity index (χ1v) is 4.94. The van der Waals surface area contributed by atoms with E-state index in [1.807, 2.05) is 0 Å². The molecular weight excluding hydrogens is 222 g/mol. The highest BCUT2D eigenvalue weighted by molar-refractivity contribution is 5.94. The Balaban J connectivity index is 2.50. The average molecular weight is 229 g/mol. The van der Waals surface area contributed by atoms with E-state index in [2.05, 4.69) is 4.98 Å². The van der Waals surface area contributed by atoms with Crippen LogP contribution in [-0.2, 0) is 0 Å². The Morgan fingerprint density at radius 1 is 1.29 bits per heavy atom. The Bertz CT molecular complexity index is 800. The predicted molar refractivity (Wildman–Crippen MR) is 62.2 cm³/mol. The number of fused-ring (bicyclic) bond motifs is 3. The lowest BCUT2D eigenvalue weighted by Gasteiger charge is -2.01. The number of nitrogens with zero attached hydrogens (tertiary/aromatic N) is 2. The normalized spacial score (nSPS) is 11.1. The number of aromatic amines is 1. The Kier molecular flexibility index (Phi) is 1.79. The maximum absolute atomic E-state index is 11.7. The van der Waals surface area contributed by atoms with Crippen LogP contribution in [0.1, 0.15) is 0 Å². The predicted octanol–water partition coefficient (Wildman–Crippen LogP) is 1.69. The van der Waals surface area contributed by atoms with Crippen LogP contribution in [0.5, 0.6) is 0 Å². The van der Waals surface area contributed by atoms with Crippen LogP contribution in [0.25, 0.3) is 16.4 Å².